The first-order valence-electron chi connectivity index (χ1n) is 6.96. The summed E-state index contributed by atoms with van der Waals surface area (Å²) in [6.07, 6.45) is 4.97. The van der Waals surface area contributed by atoms with Crippen molar-refractivity contribution in [2.24, 2.45) is 5.92 Å². The number of hydrogen-bond acceptors (Lipinski definition) is 3. The van der Waals surface area contributed by atoms with Crippen molar-refractivity contribution in [3.8, 4) is 5.75 Å². The van der Waals surface area contributed by atoms with Gasteiger partial charge >= 0.3 is 0 Å². The summed E-state index contributed by atoms with van der Waals surface area (Å²) in [5, 5.41) is 22.9. The number of benzene rings is 1. The Kier molecular flexibility index (Phi) is 3.27. The summed E-state index contributed by atoms with van der Waals surface area (Å²) in [7, 11) is 0. The van der Waals surface area contributed by atoms with Crippen LogP contribution in [0.5, 0.6) is 5.75 Å². The van der Waals surface area contributed by atoms with Gasteiger partial charge < -0.3 is 15.5 Å². The molecule has 0 radical (unpaired) electrons. The number of aliphatic hydroxyl groups excluding tert-OH is 1. The average molecular weight is 247 g/mol. The molecule has 0 saturated heterocycles. The number of phenols is 1. The second-order valence-electron chi connectivity index (χ2n) is 5.68. The van der Waals surface area contributed by atoms with Crippen LogP contribution < -0.4 is 5.32 Å². The van der Waals surface area contributed by atoms with Crippen molar-refractivity contribution in [1.29, 1.82) is 0 Å². The second-order valence-corrected chi connectivity index (χ2v) is 5.68. The van der Waals surface area contributed by atoms with Crippen molar-refractivity contribution in [3.05, 3.63) is 29.3 Å². The first-order valence-corrected chi connectivity index (χ1v) is 6.96. The van der Waals surface area contributed by atoms with Crippen molar-refractivity contribution in [3.63, 3.8) is 0 Å². The molecule has 0 aromatic heterocycles. The Hall–Kier alpha value is -1.06. The number of hydrogen-bond donors (Lipinski definition) is 3. The van der Waals surface area contributed by atoms with E-state index in [2.05, 4.69) is 11.4 Å². The van der Waals surface area contributed by atoms with Crippen molar-refractivity contribution < 1.29 is 10.2 Å². The van der Waals surface area contributed by atoms with Crippen LogP contribution in [0, 0.1) is 5.92 Å². The molecule has 0 amide bonds. The zero-order chi connectivity index (χ0) is 12.5. The Morgan fingerprint density at radius 1 is 1.22 bits per heavy atom. The van der Waals surface area contributed by atoms with Gasteiger partial charge in [0.05, 0.1) is 6.10 Å². The molecule has 0 bridgehead atoms. The van der Waals surface area contributed by atoms with Gasteiger partial charge in [0.2, 0.25) is 0 Å². The summed E-state index contributed by atoms with van der Waals surface area (Å²) in [4.78, 5) is 0. The maximum atomic E-state index is 9.80. The van der Waals surface area contributed by atoms with E-state index in [-0.39, 0.29) is 6.10 Å². The van der Waals surface area contributed by atoms with E-state index in [1.54, 1.807) is 6.07 Å². The molecule has 1 aromatic rings. The molecular formula is C15H21NO2. The fourth-order valence-corrected chi connectivity index (χ4v) is 3.39. The number of nitrogens with one attached hydrogen (secondary N) is 1. The fraction of sp³-hybridized carbons (Fsp3) is 0.600. The Morgan fingerprint density at radius 3 is 2.89 bits per heavy atom. The molecule has 1 fully saturated rings. The number of rotatable bonds is 3. The van der Waals surface area contributed by atoms with Crippen LogP contribution in [0.1, 0.15) is 42.9 Å². The minimum Gasteiger partial charge on any atom is -0.508 e. The molecule has 3 unspecified atom stereocenters. The highest BCUT2D eigenvalue weighted by atomic mass is 16.3. The van der Waals surface area contributed by atoms with Crippen molar-refractivity contribution in [2.75, 3.05) is 6.54 Å². The molecule has 0 heterocycles. The van der Waals surface area contributed by atoms with E-state index in [4.69, 9.17) is 0 Å². The zero-order valence-corrected chi connectivity index (χ0v) is 10.6. The molecule has 3 rings (SSSR count). The van der Waals surface area contributed by atoms with Crippen molar-refractivity contribution >= 4 is 0 Å². The van der Waals surface area contributed by atoms with E-state index in [1.807, 2.05) is 6.07 Å². The quantitative estimate of drug-likeness (QED) is 0.767. The normalized spacial score (nSPS) is 30.6. The third-order valence-electron chi connectivity index (χ3n) is 4.41. The molecule has 2 aliphatic rings. The van der Waals surface area contributed by atoms with Crippen LogP contribution in [-0.4, -0.2) is 22.9 Å². The molecule has 1 aromatic carbocycles. The highest BCUT2D eigenvalue weighted by Crippen LogP contribution is 2.36. The second kappa shape index (κ2) is 4.90. The smallest absolute Gasteiger partial charge is 0.119 e. The first kappa shape index (κ1) is 12.0. The Labute approximate surface area is 108 Å². The predicted molar refractivity (Wildman–Crippen MR) is 70.5 cm³/mol. The highest BCUT2D eigenvalue weighted by molar-refractivity contribution is 5.44. The van der Waals surface area contributed by atoms with Gasteiger partial charge in [-0.05, 0) is 61.8 Å². The molecule has 3 nitrogen and oxygen atoms in total. The maximum absolute atomic E-state index is 9.80. The van der Waals surface area contributed by atoms with E-state index in [0.29, 0.717) is 17.7 Å². The molecule has 3 atom stereocenters. The van der Waals surface area contributed by atoms with Gasteiger partial charge in [-0.25, -0.2) is 0 Å². The van der Waals surface area contributed by atoms with E-state index < -0.39 is 0 Å². The largest absolute Gasteiger partial charge is 0.508 e. The number of aromatic hydroxyl groups is 1. The molecule has 2 aliphatic carbocycles. The Bertz CT molecular complexity index is 433. The molecule has 3 heteroatoms. The summed E-state index contributed by atoms with van der Waals surface area (Å²) in [6, 6.07) is 6.19. The summed E-state index contributed by atoms with van der Waals surface area (Å²) >= 11 is 0. The SMILES string of the molecule is Oc1cccc2c1CCC2NCC1CCC(O)C1. The van der Waals surface area contributed by atoms with Gasteiger partial charge in [-0.1, -0.05) is 12.1 Å². The molecule has 3 N–H and O–H groups in total. The van der Waals surface area contributed by atoms with Crippen molar-refractivity contribution in [1.82, 2.24) is 5.32 Å². The number of phenolic OH excluding ortho intramolecular Hbond substituents is 1. The average Bonchev–Trinajstić information content (AvgIpc) is 2.94. The van der Waals surface area contributed by atoms with Crippen LogP contribution in [0.25, 0.3) is 0 Å². The minimum atomic E-state index is -0.0864. The van der Waals surface area contributed by atoms with E-state index in [9.17, 15) is 10.2 Å². The molecule has 98 valence electrons. The van der Waals surface area contributed by atoms with Gasteiger partial charge in [-0.15, -0.1) is 0 Å². The van der Waals surface area contributed by atoms with Gasteiger partial charge in [0, 0.05) is 6.04 Å². The summed E-state index contributed by atoms with van der Waals surface area (Å²) in [6.45, 7) is 0.983. The standard InChI is InChI=1S/C15H21NO2/c17-11-5-4-10(8-11)9-16-14-7-6-13-12(14)2-1-3-15(13)18/h1-3,10-11,14,16-18H,4-9H2. The fourth-order valence-electron chi connectivity index (χ4n) is 3.39. The van der Waals surface area contributed by atoms with Gasteiger partial charge in [0.15, 0.2) is 0 Å². The van der Waals surface area contributed by atoms with Crippen LogP contribution in [-0.2, 0) is 6.42 Å². The molecule has 0 aliphatic heterocycles. The van der Waals surface area contributed by atoms with Crippen LogP contribution in [0.4, 0.5) is 0 Å². The lowest BCUT2D eigenvalue weighted by Gasteiger charge is -2.17. The summed E-state index contributed by atoms with van der Waals surface area (Å²) < 4.78 is 0. The topological polar surface area (TPSA) is 52.5 Å². The Balaban J connectivity index is 1.61. The third-order valence-corrected chi connectivity index (χ3v) is 4.41. The zero-order valence-electron chi connectivity index (χ0n) is 10.6. The minimum absolute atomic E-state index is 0.0864. The lowest BCUT2D eigenvalue weighted by atomic mass is 10.1. The molecule has 0 spiro atoms. The number of aliphatic hydroxyl groups is 1. The summed E-state index contributed by atoms with van der Waals surface area (Å²) in [5.74, 6) is 1.05. The van der Waals surface area contributed by atoms with Gasteiger partial charge in [0.25, 0.3) is 0 Å². The number of fused-ring (bicyclic) bond motifs is 1. The third kappa shape index (κ3) is 2.25. The van der Waals surface area contributed by atoms with Crippen LogP contribution in [0.3, 0.4) is 0 Å². The predicted octanol–water partition coefficient (Wildman–Crippen LogP) is 2.13. The Morgan fingerprint density at radius 2 is 2.11 bits per heavy atom. The molecule has 1 saturated carbocycles. The van der Waals surface area contributed by atoms with E-state index >= 15 is 0 Å². The van der Waals surface area contributed by atoms with Gasteiger partial charge in [-0.3, -0.25) is 0 Å². The first-order chi connectivity index (χ1) is 8.74. The molecule has 18 heavy (non-hydrogen) atoms. The van der Waals surface area contributed by atoms with Gasteiger partial charge in [0.1, 0.15) is 5.75 Å². The van der Waals surface area contributed by atoms with Crippen LogP contribution in [0.2, 0.25) is 0 Å². The lowest BCUT2D eigenvalue weighted by Crippen LogP contribution is -2.25. The van der Waals surface area contributed by atoms with Crippen molar-refractivity contribution in [2.45, 2.75) is 44.2 Å². The van der Waals surface area contributed by atoms with E-state index in [1.165, 1.54) is 5.56 Å². The molecular weight excluding hydrogens is 226 g/mol. The van der Waals surface area contributed by atoms with Gasteiger partial charge in [-0.2, -0.15) is 0 Å². The summed E-state index contributed by atoms with van der Waals surface area (Å²) in [5.41, 5.74) is 2.37. The van der Waals surface area contributed by atoms with E-state index in [0.717, 1.165) is 44.2 Å². The van der Waals surface area contributed by atoms with Crippen LogP contribution in [0.15, 0.2) is 18.2 Å². The highest BCUT2D eigenvalue weighted by Gasteiger charge is 2.27. The lowest BCUT2D eigenvalue weighted by molar-refractivity contribution is 0.177. The maximum Gasteiger partial charge on any atom is 0.119 e. The van der Waals surface area contributed by atoms with Crippen LogP contribution >= 0.6 is 0 Å². The monoisotopic (exact) mass is 247 g/mol.